The summed E-state index contributed by atoms with van der Waals surface area (Å²) in [5, 5.41) is 28.3. The number of carbonyl (C=O) groups excluding carboxylic acids is 4. The number of nitriles is 1. The molecular weight excluding hydrogens is 923 g/mol. The first-order chi connectivity index (χ1) is 32.0. The van der Waals surface area contributed by atoms with E-state index in [0.29, 0.717) is 12.1 Å². The second kappa shape index (κ2) is 22.5. The molecule has 1 aromatic heterocycles. The number of methoxy groups -OCH3 is 1. The Morgan fingerprint density at radius 1 is 0.971 bits per heavy atom. The molecule has 0 spiro atoms. The quantitative estimate of drug-likeness (QED) is 0.0350. The number of benzene rings is 3. The first-order valence-corrected chi connectivity index (χ1v) is 22.0. The zero-order chi connectivity index (χ0) is 50.0. The van der Waals surface area contributed by atoms with Crippen molar-refractivity contribution in [1.82, 2.24) is 25.8 Å². The van der Waals surface area contributed by atoms with Gasteiger partial charge < -0.3 is 40.2 Å². The minimum Gasteiger partial charge on any atom is -0.493 e. The van der Waals surface area contributed by atoms with Crippen LogP contribution in [0.4, 0.5) is 26.3 Å². The number of aromatic nitrogens is 1. The highest BCUT2D eigenvalue weighted by atomic mass is 32.1. The molecule has 0 unspecified atom stereocenters. The van der Waals surface area contributed by atoms with Gasteiger partial charge >= 0.3 is 12.4 Å². The van der Waals surface area contributed by atoms with E-state index >= 15 is 0 Å². The predicted molar refractivity (Wildman–Crippen MR) is 237 cm³/mol. The maximum atomic E-state index is 14.0. The standard InChI is InChI=1S/C47H50F6N6O8S/c1-27-40(68-26-57-27)30-9-6-28(7-10-30)23-56-43(63)36-21-34(60)24-59(36)44(64)41(45(2,3)4)58-39(61)14-16-66-17-15-55-42(62)32(22-54)18-29-8-13-37(38(19-29)65-5)67-25-31-11-12-33(46(48,49)50)20-35(31)47(51,52)53/h6-13,18-20,26,34,36,41,60H,14-17,21,23-25H2,1-5H3,(H,55,62)(H,56,63)(H,58,61)/b32-18+/t34-,36+,41-/m1/s1. The molecule has 0 bridgehead atoms. The zero-order valence-corrected chi connectivity index (χ0v) is 38.5. The minimum absolute atomic E-state index is 0.00825. The molecule has 1 fully saturated rings. The molecule has 5 rings (SSSR count). The number of aryl methyl sites for hydroxylation is 1. The lowest BCUT2D eigenvalue weighted by molar-refractivity contribution is -0.144. The highest BCUT2D eigenvalue weighted by Crippen LogP contribution is 2.39. The van der Waals surface area contributed by atoms with Crippen molar-refractivity contribution >= 4 is 41.0 Å². The van der Waals surface area contributed by atoms with Gasteiger partial charge in [-0.2, -0.15) is 31.6 Å². The summed E-state index contributed by atoms with van der Waals surface area (Å²) < 4.78 is 96.3. The second-order valence-corrected chi connectivity index (χ2v) is 17.7. The number of likely N-dealkylation sites (tertiary alicyclic amines) is 1. The fourth-order valence-electron chi connectivity index (χ4n) is 7.12. The van der Waals surface area contributed by atoms with Crippen LogP contribution in [-0.2, 0) is 49.4 Å². The Bertz CT molecular complexity index is 2520. The summed E-state index contributed by atoms with van der Waals surface area (Å²) in [6, 6.07) is 12.6. The van der Waals surface area contributed by atoms with Crippen molar-refractivity contribution in [2.45, 2.75) is 84.2 Å². The molecular formula is C47H50F6N6O8S. The number of hydrogen-bond acceptors (Lipinski definition) is 11. The molecule has 2 heterocycles. The molecule has 3 atom stereocenters. The van der Waals surface area contributed by atoms with Gasteiger partial charge in [0.2, 0.25) is 17.7 Å². The SMILES string of the molecule is COc1cc(/C=C(\C#N)C(=O)NCCOCCC(=O)N[C@H](C(=O)N2C[C@H](O)C[C@H]2C(=O)NCc2ccc(-c3scnc3C)cc2)C(C)(C)C)ccc1OCc1ccc(C(F)(F)F)cc1C(F)(F)F. The van der Waals surface area contributed by atoms with Crippen LogP contribution in [0.25, 0.3) is 16.5 Å². The number of aliphatic hydroxyl groups is 1. The number of amides is 4. The summed E-state index contributed by atoms with van der Waals surface area (Å²) in [7, 11) is 1.23. The van der Waals surface area contributed by atoms with Crippen LogP contribution in [0.3, 0.4) is 0 Å². The maximum Gasteiger partial charge on any atom is 0.416 e. The summed E-state index contributed by atoms with van der Waals surface area (Å²) in [4.78, 5) is 59.9. The summed E-state index contributed by atoms with van der Waals surface area (Å²) in [5.74, 6) is -2.34. The van der Waals surface area contributed by atoms with Crippen molar-refractivity contribution in [3.05, 3.63) is 105 Å². The third-order valence-electron chi connectivity index (χ3n) is 10.7. The molecule has 0 saturated carbocycles. The number of nitrogens with zero attached hydrogens (tertiary/aromatic N) is 3. The lowest BCUT2D eigenvalue weighted by Crippen LogP contribution is -2.57. The normalized spacial score (nSPS) is 15.9. The molecule has 68 heavy (non-hydrogen) atoms. The number of hydrogen-bond donors (Lipinski definition) is 4. The Kier molecular flexibility index (Phi) is 17.4. The van der Waals surface area contributed by atoms with Gasteiger partial charge in [-0.1, -0.05) is 57.2 Å². The predicted octanol–water partition coefficient (Wildman–Crippen LogP) is 6.98. The number of thiazole rings is 1. The molecule has 4 aromatic rings. The van der Waals surface area contributed by atoms with Crippen LogP contribution in [0.5, 0.6) is 11.5 Å². The van der Waals surface area contributed by atoms with Gasteiger partial charge in [-0.15, -0.1) is 11.3 Å². The molecule has 4 N–H and O–H groups in total. The van der Waals surface area contributed by atoms with E-state index in [1.807, 2.05) is 31.2 Å². The van der Waals surface area contributed by atoms with Crippen molar-refractivity contribution in [1.29, 1.82) is 5.26 Å². The van der Waals surface area contributed by atoms with Crippen molar-refractivity contribution in [3.63, 3.8) is 0 Å². The summed E-state index contributed by atoms with van der Waals surface area (Å²) in [6.07, 6.45) is -9.96. The Morgan fingerprint density at radius 3 is 2.31 bits per heavy atom. The highest BCUT2D eigenvalue weighted by molar-refractivity contribution is 7.13. The van der Waals surface area contributed by atoms with E-state index in [2.05, 4.69) is 20.9 Å². The number of aliphatic hydroxyl groups excluding tert-OH is 1. The van der Waals surface area contributed by atoms with E-state index in [9.17, 15) is 55.9 Å². The minimum atomic E-state index is -5.09. The Morgan fingerprint density at radius 2 is 1.69 bits per heavy atom. The van der Waals surface area contributed by atoms with Crippen LogP contribution < -0.4 is 25.4 Å². The molecule has 1 saturated heterocycles. The van der Waals surface area contributed by atoms with Crippen LogP contribution in [0, 0.1) is 23.7 Å². The molecule has 14 nitrogen and oxygen atoms in total. The first-order valence-electron chi connectivity index (χ1n) is 21.1. The Balaban J connectivity index is 1.08. The number of β-amino-alcohol motifs (C(OH)–C–C–N with tert-alkyl or cyclic N) is 1. The lowest BCUT2D eigenvalue weighted by atomic mass is 9.85. The van der Waals surface area contributed by atoms with E-state index in [-0.39, 0.29) is 74.4 Å². The van der Waals surface area contributed by atoms with Crippen molar-refractivity contribution in [3.8, 4) is 28.0 Å². The number of alkyl halides is 6. The first kappa shape index (κ1) is 52.5. The number of ether oxygens (including phenoxy) is 3. The van der Waals surface area contributed by atoms with Gasteiger partial charge in [0, 0.05) is 38.0 Å². The Hall–Kier alpha value is -6.50. The van der Waals surface area contributed by atoms with Crippen LogP contribution in [0.15, 0.2) is 71.7 Å². The van der Waals surface area contributed by atoms with E-state index in [0.717, 1.165) is 21.7 Å². The lowest BCUT2D eigenvalue weighted by Gasteiger charge is -2.35. The van der Waals surface area contributed by atoms with Gasteiger partial charge in [0.15, 0.2) is 11.5 Å². The fourth-order valence-corrected chi connectivity index (χ4v) is 7.93. The molecule has 1 aliphatic heterocycles. The zero-order valence-electron chi connectivity index (χ0n) is 37.6. The monoisotopic (exact) mass is 972 g/mol. The number of nitrogens with one attached hydrogen (secondary N) is 3. The van der Waals surface area contributed by atoms with Crippen molar-refractivity contribution in [2.75, 3.05) is 33.4 Å². The van der Waals surface area contributed by atoms with Crippen LogP contribution in [-0.4, -0.2) is 90.2 Å². The van der Waals surface area contributed by atoms with E-state index in [4.69, 9.17) is 14.2 Å². The van der Waals surface area contributed by atoms with Gasteiger partial charge in [-0.3, -0.25) is 19.2 Å². The molecule has 4 amide bonds. The van der Waals surface area contributed by atoms with Gasteiger partial charge in [0.05, 0.1) is 53.6 Å². The smallest absolute Gasteiger partial charge is 0.416 e. The van der Waals surface area contributed by atoms with Crippen LogP contribution in [0.2, 0.25) is 0 Å². The molecule has 3 aromatic carbocycles. The second-order valence-electron chi connectivity index (χ2n) is 16.8. The highest BCUT2D eigenvalue weighted by Gasteiger charge is 2.44. The third kappa shape index (κ3) is 14.0. The number of carbonyl (C=O) groups is 4. The topological polar surface area (TPSA) is 192 Å². The Labute approximate surface area is 392 Å². The van der Waals surface area contributed by atoms with E-state index in [1.54, 1.807) is 32.4 Å². The number of halogens is 6. The molecule has 21 heteroatoms. The number of rotatable bonds is 18. The summed E-state index contributed by atoms with van der Waals surface area (Å²) in [6.45, 7) is 6.32. The van der Waals surface area contributed by atoms with Gasteiger partial charge in [0.1, 0.15) is 30.3 Å². The summed E-state index contributed by atoms with van der Waals surface area (Å²) >= 11 is 1.53. The molecule has 0 radical (unpaired) electrons. The maximum absolute atomic E-state index is 14.0. The van der Waals surface area contributed by atoms with Gasteiger partial charge in [0.25, 0.3) is 5.91 Å². The average Bonchev–Trinajstić information content (AvgIpc) is 3.90. The fraction of sp³-hybridized carbons (Fsp3) is 0.404. The van der Waals surface area contributed by atoms with Crippen molar-refractivity contribution < 1.29 is 64.8 Å². The average molecular weight is 973 g/mol. The third-order valence-corrected chi connectivity index (χ3v) is 11.7. The van der Waals surface area contributed by atoms with E-state index < -0.39 is 82.9 Å². The molecule has 0 aliphatic carbocycles. The van der Waals surface area contributed by atoms with Gasteiger partial charge in [-0.25, -0.2) is 4.98 Å². The van der Waals surface area contributed by atoms with Crippen molar-refractivity contribution in [2.24, 2.45) is 5.41 Å². The largest absolute Gasteiger partial charge is 0.493 e. The molecule has 364 valence electrons. The van der Waals surface area contributed by atoms with Crippen LogP contribution in [0.1, 0.15) is 67.1 Å². The summed E-state index contributed by atoms with van der Waals surface area (Å²) in [5.41, 5.74) is 0.146. The molecule has 1 aliphatic rings. The van der Waals surface area contributed by atoms with Gasteiger partial charge in [-0.05, 0) is 59.4 Å². The van der Waals surface area contributed by atoms with E-state index in [1.165, 1.54) is 47.6 Å². The van der Waals surface area contributed by atoms with Crippen LogP contribution >= 0.6 is 11.3 Å².